The fraction of sp³-hybridized carbons (Fsp3) is 0.0588. The van der Waals surface area contributed by atoms with Crippen LogP contribution >= 0.6 is 27.3 Å². The van der Waals surface area contributed by atoms with Crippen LogP contribution in [-0.2, 0) is 0 Å². The third-order valence-corrected chi connectivity index (χ3v) is 4.55. The number of nitrogens with zero attached hydrogens (tertiary/aromatic N) is 2. The third-order valence-electron chi connectivity index (χ3n) is 3.27. The molecule has 1 aromatic heterocycles. The van der Waals surface area contributed by atoms with Crippen LogP contribution in [0.4, 0.5) is 5.13 Å². The van der Waals surface area contributed by atoms with Gasteiger partial charge in [-0.05, 0) is 37.3 Å². The Balaban J connectivity index is 1.91. The number of rotatable bonds is 4. The second kappa shape index (κ2) is 7.02. The van der Waals surface area contributed by atoms with Crippen LogP contribution in [0.25, 0.3) is 0 Å². The Kier molecular flexibility index (Phi) is 4.82. The van der Waals surface area contributed by atoms with Crippen molar-refractivity contribution in [3.8, 4) is 0 Å². The highest BCUT2D eigenvalue weighted by Crippen LogP contribution is 2.20. The predicted molar refractivity (Wildman–Crippen MR) is 96.6 cm³/mol. The summed E-state index contributed by atoms with van der Waals surface area (Å²) < 4.78 is 0.886. The number of anilines is 1. The second-order valence-electron chi connectivity index (χ2n) is 4.96. The van der Waals surface area contributed by atoms with Gasteiger partial charge in [0, 0.05) is 15.6 Å². The molecule has 2 aromatic carbocycles. The van der Waals surface area contributed by atoms with Crippen LogP contribution in [0, 0.1) is 6.92 Å². The van der Waals surface area contributed by atoms with Gasteiger partial charge in [-0.2, -0.15) is 0 Å². The molecule has 3 rings (SSSR count). The number of hydrogen-bond acceptors (Lipinski definition) is 5. The maximum atomic E-state index is 12.7. The standard InChI is InChI=1S/C17H12BrN3O2S/c1-10-20-21-17(24-10)19-16(23)14-5-3-2-4-13(14)15(22)11-6-8-12(18)9-7-11/h2-9H,1H3,(H,19,21,23). The Morgan fingerprint density at radius 2 is 1.67 bits per heavy atom. The van der Waals surface area contributed by atoms with Gasteiger partial charge < -0.3 is 0 Å². The minimum absolute atomic E-state index is 0.207. The van der Waals surface area contributed by atoms with Gasteiger partial charge in [0.05, 0.1) is 5.56 Å². The molecule has 1 heterocycles. The number of carbonyl (C=O) groups is 2. The van der Waals surface area contributed by atoms with Gasteiger partial charge in [-0.3, -0.25) is 14.9 Å². The number of aromatic nitrogens is 2. The first-order valence-electron chi connectivity index (χ1n) is 7.05. The largest absolute Gasteiger partial charge is 0.296 e. The molecule has 3 aromatic rings. The van der Waals surface area contributed by atoms with E-state index >= 15 is 0 Å². The molecule has 24 heavy (non-hydrogen) atoms. The van der Waals surface area contributed by atoms with Crippen molar-refractivity contribution in [2.45, 2.75) is 6.92 Å². The lowest BCUT2D eigenvalue weighted by Crippen LogP contribution is -2.16. The Hall–Kier alpha value is -2.38. The Morgan fingerprint density at radius 1 is 1.00 bits per heavy atom. The van der Waals surface area contributed by atoms with E-state index in [1.54, 1.807) is 55.5 Å². The molecule has 0 aliphatic carbocycles. The summed E-state index contributed by atoms with van der Waals surface area (Å²) in [6, 6.07) is 13.7. The highest BCUT2D eigenvalue weighted by atomic mass is 79.9. The van der Waals surface area contributed by atoms with E-state index in [1.165, 1.54) is 11.3 Å². The topological polar surface area (TPSA) is 72.0 Å². The van der Waals surface area contributed by atoms with Gasteiger partial charge in [0.25, 0.3) is 5.91 Å². The summed E-state index contributed by atoms with van der Waals surface area (Å²) in [7, 11) is 0. The van der Waals surface area contributed by atoms with E-state index < -0.39 is 0 Å². The molecule has 120 valence electrons. The summed E-state index contributed by atoms with van der Waals surface area (Å²) in [6.45, 7) is 1.80. The summed E-state index contributed by atoms with van der Waals surface area (Å²) in [5.74, 6) is -0.589. The number of carbonyl (C=O) groups excluding carboxylic acids is 2. The minimum Gasteiger partial charge on any atom is -0.296 e. The average Bonchev–Trinajstić information content (AvgIpc) is 3.00. The van der Waals surface area contributed by atoms with E-state index in [4.69, 9.17) is 0 Å². The number of ketones is 1. The first-order valence-corrected chi connectivity index (χ1v) is 8.66. The summed E-state index contributed by atoms with van der Waals surface area (Å²) in [6.07, 6.45) is 0. The molecule has 0 atom stereocenters. The lowest BCUT2D eigenvalue weighted by molar-refractivity contribution is 0.0996. The normalized spacial score (nSPS) is 10.4. The fourth-order valence-corrected chi connectivity index (χ4v) is 3.00. The van der Waals surface area contributed by atoms with Crippen LogP contribution < -0.4 is 5.32 Å². The highest BCUT2D eigenvalue weighted by molar-refractivity contribution is 9.10. The van der Waals surface area contributed by atoms with E-state index in [1.807, 2.05) is 0 Å². The highest BCUT2D eigenvalue weighted by Gasteiger charge is 2.19. The molecular formula is C17H12BrN3O2S. The molecule has 5 nitrogen and oxygen atoms in total. The SMILES string of the molecule is Cc1nnc(NC(=O)c2ccccc2C(=O)c2ccc(Br)cc2)s1. The van der Waals surface area contributed by atoms with Gasteiger partial charge in [-0.25, -0.2) is 0 Å². The molecule has 0 saturated carbocycles. The average molecular weight is 402 g/mol. The molecule has 0 spiro atoms. The van der Waals surface area contributed by atoms with Gasteiger partial charge in [-0.1, -0.05) is 45.5 Å². The predicted octanol–water partition coefficient (Wildman–Crippen LogP) is 4.09. The summed E-state index contributed by atoms with van der Waals surface area (Å²) in [5, 5.41) is 11.6. The van der Waals surface area contributed by atoms with Crippen LogP contribution in [0.5, 0.6) is 0 Å². The molecule has 0 aliphatic heterocycles. The maximum absolute atomic E-state index is 12.7. The Bertz CT molecular complexity index is 906. The van der Waals surface area contributed by atoms with Gasteiger partial charge in [0.15, 0.2) is 5.78 Å². The zero-order chi connectivity index (χ0) is 17.1. The zero-order valence-electron chi connectivity index (χ0n) is 12.6. The van der Waals surface area contributed by atoms with Crippen molar-refractivity contribution in [3.05, 3.63) is 74.7 Å². The smallest absolute Gasteiger partial charge is 0.258 e. The Morgan fingerprint density at radius 3 is 2.29 bits per heavy atom. The summed E-state index contributed by atoms with van der Waals surface area (Å²) in [5.41, 5.74) is 1.17. The molecule has 1 amide bonds. The van der Waals surface area contributed by atoms with Crippen LogP contribution in [0.2, 0.25) is 0 Å². The van der Waals surface area contributed by atoms with Gasteiger partial charge in [0.2, 0.25) is 5.13 Å². The van der Waals surface area contributed by atoms with Crippen molar-refractivity contribution >= 4 is 44.1 Å². The molecule has 0 unspecified atom stereocenters. The molecule has 1 N–H and O–H groups in total. The van der Waals surface area contributed by atoms with Crippen molar-refractivity contribution < 1.29 is 9.59 Å². The van der Waals surface area contributed by atoms with E-state index in [2.05, 4.69) is 31.4 Å². The second-order valence-corrected chi connectivity index (χ2v) is 7.06. The van der Waals surface area contributed by atoms with Crippen LogP contribution in [0.1, 0.15) is 31.3 Å². The number of benzene rings is 2. The zero-order valence-corrected chi connectivity index (χ0v) is 15.0. The van der Waals surface area contributed by atoms with Crippen LogP contribution in [0.3, 0.4) is 0 Å². The van der Waals surface area contributed by atoms with Gasteiger partial charge in [0.1, 0.15) is 5.01 Å². The first-order chi connectivity index (χ1) is 11.5. The molecule has 0 saturated heterocycles. The summed E-state index contributed by atoms with van der Waals surface area (Å²) in [4.78, 5) is 25.2. The molecule has 0 radical (unpaired) electrons. The maximum Gasteiger partial charge on any atom is 0.258 e. The number of halogens is 1. The molecule has 0 aliphatic rings. The lowest BCUT2D eigenvalue weighted by Gasteiger charge is -2.08. The van der Waals surface area contributed by atoms with Crippen LogP contribution in [-0.4, -0.2) is 21.9 Å². The van der Waals surface area contributed by atoms with Crippen LogP contribution in [0.15, 0.2) is 53.0 Å². The van der Waals surface area contributed by atoms with Crippen molar-refractivity contribution in [2.24, 2.45) is 0 Å². The minimum atomic E-state index is -0.382. The molecule has 7 heteroatoms. The van der Waals surface area contributed by atoms with Gasteiger partial charge in [-0.15, -0.1) is 10.2 Å². The van der Waals surface area contributed by atoms with E-state index in [-0.39, 0.29) is 11.7 Å². The van der Waals surface area contributed by atoms with Crippen molar-refractivity contribution in [1.82, 2.24) is 10.2 Å². The third kappa shape index (κ3) is 3.58. The van der Waals surface area contributed by atoms with Gasteiger partial charge >= 0.3 is 0 Å². The monoisotopic (exact) mass is 401 g/mol. The number of aryl methyl sites for hydroxylation is 1. The van der Waals surface area contributed by atoms with Crippen molar-refractivity contribution in [3.63, 3.8) is 0 Å². The molecule has 0 bridgehead atoms. The lowest BCUT2D eigenvalue weighted by atomic mass is 9.98. The molecular weight excluding hydrogens is 390 g/mol. The number of hydrogen-bond donors (Lipinski definition) is 1. The van der Waals surface area contributed by atoms with Crippen molar-refractivity contribution in [1.29, 1.82) is 0 Å². The Labute approximate surface area is 150 Å². The van der Waals surface area contributed by atoms with E-state index in [0.29, 0.717) is 21.8 Å². The van der Waals surface area contributed by atoms with Crippen molar-refractivity contribution in [2.75, 3.05) is 5.32 Å². The molecule has 0 fully saturated rings. The number of amides is 1. The number of nitrogens with one attached hydrogen (secondary N) is 1. The quantitative estimate of drug-likeness (QED) is 0.668. The van der Waals surface area contributed by atoms with E-state index in [9.17, 15) is 9.59 Å². The van der Waals surface area contributed by atoms with E-state index in [0.717, 1.165) is 9.48 Å². The first kappa shape index (κ1) is 16.5. The fourth-order valence-electron chi connectivity index (χ4n) is 2.15. The summed E-state index contributed by atoms with van der Waals surface area (Å²) >= 11 is 4.62.